The second-order valence-electron chi connectivity index (χ2n) is 4.89. The Kier molecular flexibility index (Phi) is 4.63. The van der Waals surface area contributed by atoms with Gasteiger partial charge in [-0.05, 0) is 53.7 Å². The highest BCUT2D eigenvalue weighted by molar-refractivity contribution is 9.10. The zero-order valence-electron chi connectivity index (χ0n) is 11.8. The lowest BCUT2D eigenvalue weighted by atomic mass is 10.1. The molecule has 0 fully saturated rings. The third-order valence-corrected chi connectivity index (χ3v) is 4.94. The second kappa shape index (κ2) is 6.65. The Morgan fingerprint density at radius 2 is 1.76 bits per heavy atom. The summed E-state index contributed by atoms with van der Waals surface area (Å²) in [5.74, 6) is 0. The lowest BCUT2D eigenvalue weighted by molar-refractivity contribution is 0.802. The van der Waals surface area contributed by atoms with Gasteiger partial charge in [0, 0.05) is 20.8 Å². The molecule has 0 bridgehead atoms. The summed E-state index contributed by atoms with van der Waals surface area (Å²) in [6, 6.07) is 21.6. The standard InChI is InChI=1S/C18H16BrNS/c1-20-12-15-10-16(19)7-9-18(15)21-17-8-6-13-4-2-3-5-14(13)11-17/h2-11,20H,12H2,1H3. The van der Waals surface area contributed by atoms with Crippen LogP contribution in [0.25, 0.3) is 10.8 Å². The van der Waals surface area contributed by atoms with Crippen molar-refractivity contribution >= 4 is 38.5 Å². The number of rotatable bonds is 4. The normalized spacial score (nSPS) is 11.0. The van der Waals surface area contributed by atoms with E-state index in [0.717, 1.165) is 11.0 Å². The van der Waals surface area contributed by atoms with Crippen LogP contribution in [-0.2, 0) is 6.54 Å². The zero-order chi connectivity index (χ0) is 14.7. The second-order valence-corrected chi connectivity index (χ2v) is 6.92. The first kappa shape index (κ1) is 14.6. The molecule has 21 heavy (non-hydrogen) atoms. The Bertz CT molecular complexity index is 770. The average molecular weight is 358 g/mol. The molecular formula is C18H16BrNS. The van der Waals surface area contributed by atoms with E-state index in [4.69, 9.17) is 0 Å². The maximum Gasteiger partial charge on any atom is 0.0214 e. The maximum atomic E-state index is 3.55. The highest BCUT2D eigenvalue weighted by Gasteiger charge is 2.05. The van der Waals surface area contributed by atoms with Gasteiger partial charge >= 0.3 is 0 Å². The number of nitrogens with one attached hydrogen (secondary N) is 1. The summed E-state index contributed by atoms with van der Waals surface area (Å²) in [7, 11) is 1.98. The lowest BCUT2D eigenvalue weighted by Crippen LogP contribution is -2.06. The molecule has 3 aromatic carbocycles. The predicted octanol–water partition coefficient (Wildman–Crippen LogP) is 5.47. The molecule has 0 radical (unpaired) electrons. The third-order valence-electron chi connectivity index (χ3n) is 3.34. The molecule has 0 atom stereocenters. The highest BCUT2D eigenvalue weighted by Crippen LogP contribution is 2.33. The number of hydrogen-bond acceptors (Lipinski definition) is 2. The van der Waals surface area contributed by atoms with Crippen LogP contribution in [0, 0.1) is 0 Å². The molecule has 0 aromatic heterocycles. The number of benzene rings is 3. The van der Waals surface area contributed by atoms with Crippen LogP contribution in [0.15, 0.2) is 74.9 Å². The summed E-state index contributed by atoms with van der Waals surface area (Å²) in [6.45, 7) is 0.870. The van der Waals surface area contributed by atoms with Crippen LogP contribution in [0.5, 0.6) is 0 Å². The zero-order valence-corrected chi connectivity index (χ0v) is 14.2. The summed E-state index contributed by atoms with van der Waals surface area (Å²) in [5, 5.41) is 5.80. The Morgan fingerprint density at radius 3 is 2.57 bits per heavy atom. The molecule has 0 aliphatic heterocycles. The Balaban J connectivity index is 1.94. The molecule has 0 heterocycles. The van der Waals surface area contributed by atoms with Gasteiger partial charge < -0.3 is 5.32 Å². The molecule has 0 saturated heterocycles. The van der Waals surface area contributed by atoms with Crippen molar-refractivity contribution < 1.29 is 0 Å². The monoisotopic (exact) mass is 357 g/mol. The van der Waals surface area contributed by atoms with Crippen molar-refractivity contribution in [3.63, 3.8) is 0 Å². The van der Waals surface area contributed by atoms with Crippen molar-refractivity contribution in [2.24, 2.45) is 0 Å². The van der Waals surface area contributed by atoms with E-state index in [0.29, 0.717) is 0 Å². The summed E-state index contributed by atoms with van der Waals surface area (Å²) >= 11 is 5.36. The molecule has 1 nitrogen and oxygen atoms in total. The molecule has 0 spiro atoms. The van der Waals surface area contributed by atoms with Gasteiger partial charge in [0.05, 0.1) is 0 Å². The van der Waals surface area contributed by atoms with E-state index < -0.39 is 0 Å². The van der Waals surface area contributed by atoms with Gasteiger partial charge in [-0.1, -0.05) is 58.0 Å². The fourth-order valence-electron chi connectivity index (χ4n) is 2.33. The van der Waals surface area contributed by atoms with Crippen molar-refractivity contribution in [3.05, 3.63) is 70.7 Å². The minimum absolute atomic E-state index is 0.870. The third kappa shape index (κ3) is 3.49. The van der Waals surface area contributed by atoms with E-state index in [1.54, 1.807) is 0 Å². The minimum Gasteiger partial charge on any atom is -0.316 e. The van der Waals surface area contributed by atoms with Crippen LogP contribution in [0.3, 0.4) is 0 Å². The summed E-state index contributed by atoms with van der Waals surface area (Å²) in [6.07, 6.45) is 0. The largest absolute Gasteiger partial charge is 0.316 e. The van der Waals surface area contributed by atoms with Crippen molar-refractivity contribution in [3.8, 4) is 0 Å². The average Bonchev–Trinajstić information content (AvgIpc) is 2.50. The first-order valence-electron chi connectivity index (χ1n) is 6.86. The minimum atomic E-state index is 0.870. The summed E-state index contributed by atoms with van der Waals surface area (Å²) in [4.78, 5) is 2.57. The van der Waals surface area contributed by atoms with E-state index in [-0.39, 0.29) is 0 Å². The van der Waals surface area contributed by atoms with Crippen LogP contribution < -0.4 is 5.32 Å². The van der Waals surface area contributed by atoms with Crippen LogP contribution >= 0.6 is 27.7 Å². The molecule has 3 aromatic rings. The van der Waals surface area contributed by atoms with Gasteiger partial charge in [-0.15, -0.1) is 0 Å². The van der Waals surface area contributed by atoms with Gasteiger partial charge in [0.15, 0.2) is 0 Å². The molecule has 0 unspecified atom stereocenters. The number of fused-ring (bicyclic) bond motifs is 1. The van der Waals surface area contributed by atoms with E-state index >= 15 is 0 Å². The Labute approximate surface area is 137 Å². The Morgan fingerprint density at radius 1 is 0.952 bits per heavy atom. The van der Waals surface area contributed by atoms with Crippen molar-refractivity contribution in [1.82, 2.24) is 5.32 Å². The fourth-order valence-corrected chi connectivity index (χ4v) is 3.72. The van der Waals surface area contributed by atoms with Crippen LogP contribution in [-0.4, -0.2) is 7.05 Å². The van der Waals surface area contributed by atoms with E-state index in [9.17, 15) is 0 Å². The molecule has 3 heteroatoms. The first-order chi connectivity index (χ1) is 10.3. The van der Waals surface area contributed by atoms with Gasteiger partial charge in [-0.3, -0.25) is 0 Å². The van der Waals surface area contributed by atoms with Crippen LogP contribution in [0.4, 0.5) is 0 Å². The molecule has 1 N–H and O–H groups in total. The van der Waals surface area contributed by atoms with Crippen LogP contribution in [0.1, 0.15) is 5.56 Å². The molecule has 0 aliphatic carbocycles. The van der Waals surface area contributed by atoms with E-state index in [1.807, 2.05) is 18.8 Å². The molecule has 0 amide bonds. The summed E-state index contributed by atoms with van der Waals surface area (Å²) < 4.78 is 1.12. The van der Waals surface area contributed by atoms with Gasteiger partial charge in [-0.2, -0.15) is 0 Å². The lowest BCUT2D eigenvalue weighted by Gasteiger charge is -2.10. The quantitative estimate of drug-likeness (QED) is 0.663. The van der Waals surface area contributed by atoms with Crippen molar-refractivity contribution in [2.75, 3.05) is 7.05 Å². The molecule has 0 saturated carbocycles. The molecule has 3 rings (SSSR count). The van der Waals surface area contributed by atoms with Gasteiger partial charge in [0.25, 0.3) is 0 Å². The molecular weight excluding hydrogens is 342 g/mol. The smallest absolute Gasteiger partial charge is 0.0214 e. The van der Waals surface area contributed by atoms with Crippen molar-refractivity contribution in [2.45, 2.75) is 16.3 Å². The van der Waals surface area contributed by atoms with Gasteiger partial charge in [0.1, 0.15) is 0 Å². The number of halogens is 1. The molecule has 0 aliphatic rings. The van der Waals surface area contributed by atoms with E-state index in [1.165, 1.54) is 26.1 Å². The number of hydrogen-bond donors (Lipinski definition) is 1. The maximum absolute atomic E-state index is 3.55. The topological polar surface area (TPSA) is 12.0 Å². The SMILES string of the molecule is CNCc1cc(Br)ccc1Sc1ccc2ccccc2c1. The van der Waals surface area contributed by atoms with Gasteiger partial charge in [0.2, 0.25) is 0 Å². The van der Waals surface area contributed by atoms with Crippen molar-refractivity contribution in [1.29, 1.82) is 0 Å². The van der Waals surface area contributed by atoms with Crippen LogP contribution in [0.2, 0.25) is 0 Å². The summed E-state index contributed by atoms with van der Waals surface area (Å²) in [5.41, 5.74) is 1.31. The highest BCUT2D eigenvalue weighted by atomic mass is 79.9. The first-order valence-corrected chi connectivity index (χ1v) is 8.47. The Hall–Kier alpha value is -1.29. The fraction of sp³-hybridized carbons (Fsp3) is 0.111. The predicted molar refractivity (Wildman–Crippen MR) is 95.0 cm³/mol. The van der Waals surface area contributed by atoms with E-state index in [2.05, 4.69) is 81.9 Å². The van der Waals surface area contributed by atoms with Gasteiger partial charge in [-0.25, -0.2) is 0 Å². The molecule has 106 valence electrons.